The molecule has 3 saturated carbocycles. The van der Waals surface area contributed by atoms with Crippen molar-refractivity contribution in [2.24, 2.45) is 34.5 Å². The molecule has 0 radical (unpaired) electrons. The first-order chi connectivity index (χ1) is 8.00. The Kier molecular flexibility index (Phi) is 2.63. The number of hydrogen-bond acceptors (Lipinski definition) is 1. The van der Waals surface area contributed by atoms with Crippen LogP contribution in [-0.4, -0.2) is 11.7 Å². The molecule has 1 nitrogen and oxygen atoms in total. The molecule has 0 spiro atoms. The van der Waals surface area contributed by atoms with Gasteiger partial charge in [-0.3, -0.25) is 0 Å². The first kappa shape index (κ1) is 12.0. The third kappa shape index (κ3) is 1.47. The van der Waals surface area contributed by atoms with Gasteiger partial charge in [-0.05, 0) is 66.6 Å². The molecule has 3 rings (SSSR count). The van der Waals surface area contributed by atoms with E-state index in [9.17, 15) is 5.11 Å². The first-order valence-electron chi connectivity index (χ1n) is 7.61. The molecule has 0 unspecified atom stereocenters. The molecule has 4 bridgehead atoms. The molecule has 0 aromatic carbocycles. The summed E-state index contributed by atoms with van der Waals surface area (Å²) >= 11 is 0. The summed E-state index contributed by atoms with van der Waals surface area (Å²) in [6.45, 7) is 7.97. The monoisotopic (exact) mass is 236 g/mol. The fraction of sp³-hybridized carbons (Fsp3) is 1.00. The van der Waals surface area contributed by atoms with Crippen molar-refractivity contribution in [1.29, 1.82) is 0 Å². The largest absolute Gasteiger partial charge is 0.396 e. The predicted octanol–water partition coefficient (Wildman–Crippen LogP) is 3.86. The lowest BCUT2D eigenvalue weighted by Crippen LogP contribution is -2.34. The van der Waals surface area contributed by atoms with E-state index in [0.717, 1.165) is 30.1 Å². The second-order valence-corrected chi connectivity index (χ2v) is 7.84. The van der Waals surface area contributed by atoms with E-state index in [4.69, 9.17) is 0 Å². The molecule has 17 heavy (non-hydrogen) atoms. The van der Waals surface area contributed by atoms with Crippen LogP contribution in [0, 0.1) is 34.5 Å². The standard InChI is InChI=1S/C16H28O/c1-15(2)8-4-9-16(3)12(7-10-17)11-5-6-13(16)14(11)15/h11-14,17H,4-10H2,1-3H3/t11-,12+,13-,14-,16-/m1/s1. The van der Waals surface area contributed by atoms with Gasteiger partial charge in [0.2, 0.25) is 0 Å². The average Bonchev–Trinajstić information content (AvgIpc) is 2.74. The van der Waals surface area contributed by atoms with Gasteiger partial charge in [-0.2, -0.15) is 0 Å². The summed E-state index contributed by atoms with van der Waals surface area (Å²) in [5, 5.41) is 9.39. The Balaban J connectivity index is 1.99. The molecule has 3 aliphatic rings. The van der Waals surface area contributed by atoms with E-state index in [1.807, 2.05) is 0 Å². The highest BCUT2D eigenvalue weighted by molar-refractivity contribution is 5.12. The van der Waals surface area contributed by atoms with Crippen LogP contribution >= 0.6 is 0 Å². The lowest BCUT2D eigenvalue weighted by Gasteiger charge is -2.41. The Bertz CT molecular complexity index is 309. The van der Waals surface area contributed by atoms with Crippen molar-refractivity contribution in [3.05, 3.63) is 0 Å². The molecule has 5 atom stereocenters. The van der Waals surface area contributed by atoms with Gasteiger partial charge in [-0.25, -0.2) is 0 Å². The van der Waals surface area contributed by atoms with Crippen LogP contribution in [0.25, 0.3) is 0 Å². The summed E-state index contributed by atoms with van der Waals surface area (Å²) in [4.78, 5) is 0. The van der Waals surface area contributed by atoms with E-state index in [1.165, 1.54) is 32.1 Å². The maximum Gasteiger partial charge on any atom is 0.0433 e. The van der Waals surface area contributed by atoms with E-state index in [0.29, 0.717) is 17.4 Å². The van der Waals surface area contributed by atoms with Gasteiger partial charge in [0.1, 0.15) is 0 Å². The molecule has 3 aliphatic carbocycles. The SMILES string of the molecule is CC1(C)CCC[C@@]2(C)[C@@H]3CC[C@@H]([C@H]31)[C@@H]2CCO. The Hall–Kier alpha value is -0.0400. The molecule has 0 amide bonds. The number of aliphatic hydroxyl groups excluding tert-OH is 1. The van der Waals surface area contributed by atoms with Crippen molar-refractivity contribution in [2.75, 3.05) is 6.61 Å². The highest BCUT2D eigenvalue weighted by Crippen LogP contribution is 2.71. The summed E-state index contributed by atoms with van der Waals surface area (Å²) in [5.41, 5.74) is 1.11. The zero-order chi connectivity index (χ0) is 12.3. The van der Waals surface area contributed by atoms with E-state index in [1.54, 1.807) is 0 Å². The molecule has 3 fully saturated rings. The smallest absolute Gasteiger partial charge is 0.0433 e. The molecule has 1 heteroatoms. The molecular formula is C16H28O. The van der Waals surface area contributed by atoms with Crippen LogP contribution in [0.15, 0.2) is 0 Å². The minimum atomic E-state index is 0.399. The zero-order valence-electron chi connectivity index (χ0n) is 11.7. The molecule has 0 aliphatic heterocycles. The van der Waals surface area contributed by atoms with E-state index in [2.05, 4.69) is 20.8 Å². The Morgan fingerprint density at radius 1 is 1.12 bits per heavy atom. The summed E-state index contributed by atoms with van der Waals surface area (Å²) in [7, 11) is 0. The highest BCUT2D eigenvalue weighted by Gasteiger charge is 2.64. The van der Waals surface area contributed by atoms with E-state index in [-0.39, 0.29) is 0 Å². The van der Waals surface area contributed by atoms with Crippen LogP contribution in [0.2, 0.25) is 0 Å². The zero-order valence-corrected chi connectivity index (χ0v) is 11.7. The fourth-order valence-electron chi connectivity index (χ4n) is 6.25. The third-order valence-corrected chi connectivity index (χ3v) is 6.80. The minimum Gasteiger partial charge on any atom is -0.396 e. The number of hydrogen-bond donors (Lipinski definition) is 1. The van der Waals surface area contributed by atoms with Crippen molar-refractivity contribution >= 4 is 0 Å². The number of aliphatic hydroxyl groups is 1. The lowest BCUT2D eigenvalue weighted by atomic mass is 9.64. The van der Waals surface area contributed by atoms with Crippen LogP contribution in [0.3, 0.4) is 0 Å². The van der Waals surface area contributed by atoms with Crippen LogP contribution < -0.4 is 0 Å². The normalized spacial score (nSPS) is 51.5. The maximum absolute atomic E-state index is 9.39. The minimum absolute atomic E-state index is 0.399. The van der Waals surface area contributed by atoms with Gasteiger partial charge < -0.3 is 5.11 Å². The maximum atomic E-state index is 9.39. The summed E-state index contributed by atoms with van der Waals surface area (Å²) in [5.74, 6) is 3.65. The molecule has 0 saturated heterocycles. The molecule has 0 aromatic heterocycles. The van der Waals surface area contributed by atoms with Crippen LogP contribution in [0.4, 0.5) is 0 Å². The molecule has 1 N–H and O–H groups in total. The van der Waals surface area contributed by atoms with Gasteiger partial charge in [0.05, 0.1) is 0 Å². The molecule has 0 heterocycles. The van der Waals surface area contributed by atoms with E-state index >= 15 is 0 Å². The molecular weight excluding hydrogens is 208 g/mol. The average molecular weight is 236 g/mol. The van der Waals surface area contributed by atoms with E-state index < -0.39 is 0 Å². The van der Waals surface area contributed by atoms with Gasteiger partial charge in [-0.15, -0.1) is 0 Å². The van der Waals surface area contributed by atoms with Gasteiger partial charge >= 0.3 is 0 Å². The van der Waals surface area contributed by atoms with Gasteiger partial charge in [0.15, 0.2) is 0 Å². The van der Waals surface area contributed by atoms with Crippen molar-refractivity contribution in [1.82, 2.24) is 0 Å². The molecule has 0 aromatic rings. The van der Waals surface area contributed by atoms with Crippen LogP contribution in [0.5, 0.6) is 0 Å². The van der Waals surface area contributed by atoms with Crippen molar-refractivity contribution in [3.63, 3.8) is 0 Å². The first-order valence-corrected chi connectivity index (χ1v) is 7.61. The van der Waals surface area contributed by atoms with Crippen LogP contribution in [0.1, 0.15) is 59.3 Å². The highest BCUT2D eigenvalue weighted by atomic mass is 16.3. The second-order valence-electron chi connectivity index (χ2n) is 7.84. The Labute approximate surface area is 106 Å². The Morgan fingerprint density at radius 2 is 1.88 bits per heavy atom. The summed E-state index contributed by atoms with van der Waals surface area (Å²) in [6.07, 6.45) is 8.22. The van der Waals surface area contributed by atoms with Crippen molar-refractivity contribution in [3.8, 4) is 0 Å². The number of rotatable bonds is 2. The fourth-order valence-corrected chi connectivity index (χ4v) is 6.25. The topological polar surface area (TPSA) is 20.2 Å². The van der Waals surface area contributed by atoms with Gasteiger partial charge in [0.25, 0.3) is 0 Å². The summed E-state index contributed by atoms with van der Waals surface area (Å²) < 4.78 is 0. The molecule has 98 valence electrons. The lowest BCUT2D eigenvalue weighted by molar-refractivity contribution is 0.0636. The van der Waals surface area contributed by atoms with Crippen LogP contribution in [-0.2, 0) is 0 Å². The quantitative estimate of drug-likeness (QED) is 0.772. The van der Waals surface area contributed by atoms with Crippen molar-refractivity contribution in [2.45, 2.75) is 59.3 Å². The predicted molar refractivity (Wildman–Crippen MR) is 70.6 cm³/mol. The Morgan fingerprint density at radius 3 is 2.59 bits per heavy atom. The second kappa shape index (κ2) is 3.73. The van der Waals surface area contributed by atoms with Gasteiger partial charge in [-0.1, -0.05) is 27.2 Å². The summed E-state index contributed by atoms with van der Waals surface area (Å²) in [6, 6.07) is 0. The third-order valence-electron chi connectivity index (χ3n) is 6.80. The van der Waals surface area contributed by atoms with Crippen molar-refractivity contribution < 1.29 is 5.11 Å². The van der Waals surface area contributed by atoms with Gasteiger partial charge in [0, 0.05) is 6.61 Å².